The van der Waals surface area contributed by atoms with E-state index in [1.165, 1.54) is 14.0 Å². The van der Waals surface area contributed by atoms with Gasteiger partial charge in [-0.1, -0.05) is 25.5 Å². The second-order valence-electron chi connectivity index (χ2n) is 5.98. The molecule has 0 aliphatic rings. The first-order valence-corrected chi connectivity index (χ1v) is 8.61. The number of aromatic hydroxyl groups is 1. The van der Waals surface area contributed by atoms with Gasteiger partial charge in [0.15, 0.2) is 18.1 Å². The largest absolute Gasteiger partial charge is 0.494 e. The number of nitrogens with zero attached hydrogens (tertiary/aromatic N) is 2. The van der Waals surface area contributed by atoms with Crippen molar-refractivity contribution >= 4 is 5.78 Å². The highest BCUT2D eigenvalue weighted by Gasteiger charge is 2.24. The summed E-state index contributed by atoms with van der Waals surface area (Å²) in [6, 6.07) is 8.70. The number of nitriles is 1. The van der Waals surface area contributed by atoms with Crippen LogP contribution >= 0.6 is 0 Å². The highest BCUT2D eigenvalue weighted by atomic mass is 16.5. The average molecular weight is 370 g/mol. The number of aromatic nitrogens is 1. The van der Waals surface area contributed by atoms with Gasteiger partial charge < -0.3 is 14.6 Å². The van der Waals surface area contributed by atoms with Crippen LogP contribution in [0.15, 0.2) is 29.1 Å². The predicted molar refractivity (Wildman–Crippen MR) is 99.5 cm³/mol. The number of pyridine rings is 1. The van der Waals surface area contributed by atoms with Gasteiger partial charge >= 0.3 is 0 Å². The Morgan fingerprint density at radius 1 is 1.30 bits per heavy atom. The molecule has 0 spiro atoms. The number of unbranched alkanes of at least 4 members (excludes halogenated alkanes) is 1. The number of rotatable bonds is 8. The number of hydrogen-bond acceptors (Lipinski definition) is 6. The first-order valence-electron chi connectivity index (χ1n) is 8.61. The number of methoxy groups -OCH3 is 1. The van der Waals surface area contributed by atoms with Crippen LogP contribution in [0.4, 0.5) is 0 Å². The summed E-state index contributed by atoms with van der Waals surface area (Å²) in [7, 11) is 1.49. The quantitative estimate of drug-likeness (QED) is 0.717. The average Bonchev–Trinajstić information content (AvgIpc) is 2.66. The fourth-order valence-electron chi connectivity index (χ4n) is 2.76. The highest BCUT2D eigenvalue weighted by molar-refractivity contribution is 6.01. The molecule has 0 aliphatic carbocycles. The van der Waals surface area contributed by atoms with Crippen molar-refractivity contribution < 1.29 is 19.4 Å². The fourth-order valence-corrected chi connectivity index (χ4v) is 2.76. The van der Waals surface area contributed by atoms with E-state index in [1.54, 1.807) is 24.3 Å². The molecule has 1 aromatic heterocycles. The van der Waals surface area contributed by atoms with Gasteiger partial charge in [0.1, 0.15) is 11.6 Å². The Balaban J connectivity index is 2.40. The number of carbonyl (C=O) groups is 1. The monoisotopic (exact) mass is 370 g/mol. The summed E-state index contributed by atoms with van der Waals surface area (Å²) in [6.07, 6.45) is 1.43. The van der Waals surface area contributed by atoms with Crippen molar-refractivity contribution in [2.45, 2.75) is 33.2 Å². The van der Waals surface area contributed by atoms with E-state index in [1.807, 2.05) is 13.0 Å². The topological polar surface area (TPSA) is 102 Å². The van der Waals surface area contributed by atoms with Gasteiger partial charge in [0.25, 0.3) is 5.56 Å². The Morgan fingerprint density at radius 3 is 2.56 bits per heavy atom. The summed E-state index contributed by atoms with van der Waals surface area (Å²) in [5.41, 5.74) is -0.661. The van der Waals surface area contributed by atoms with E-state index in [9.17, 15) is 20.0 Å². The number of ether oxygens (including phenoxy) is 2. The molecule has 0 unspecified atom stereocenters. The van der Waals surface area contributed by atoms with Crippen LogP contribution in [-0.2, 0) is 6.54 Å². The molecule has 0 radical (unpaired) electrons. The van der Waals surface area contributed by atoms with Crippen LogP contribution in [0.3, 0.4) is 0 Å². The maximum atomic E-state index is 12.7. The van der Waals surface area contributed by atoms with E-state index >= 15 is 0 Å². The number of ketones is 1. The van der Waals surface area contributed by atoms with Crippen LogP contribution in [0, 0.1) is 18.3 Å². The molecule has 0 saturated heterocycles. The number of hydrogen-bond donors (Lipinski definition) is 1. The summed E-state index contributed by atoms with van der Waals surface area (Å²) < 4.78 is 11.8. The van der Waals surface area contributed by atoms with E-state index < -0.39 is 17.2 Å². The lowest BCUT2D eigenvalue weighted by Crippen LogP contribution is -2.27. The van der Waals surface area contributed by atoms with Crippen molar-refractivity contribution in [2.75, 3.05) is 13.7 Å². The first kappa shape index (κ1) is 20.0. The van der Waals surface area contributed by atoms with Crippen molar-refractivity contribution in [3.05, 3.63) is 51.3 Å². The zero-order chi connectivity index (χ0) is 20.0. The maximum absolute atomic E-state index is 12.7. The molecule has 0 bridgehead atoms. The summed E-state index contributed by atoms with van der Waals surface area (Å²) >= 11 is 0. The van der Waals surface area contributed by atoms with Crippen LogP contribution in [0.5, 0.6) is 17.4 Å². The Bertz CT molecular complexity index is 941. The lowest BCUT2D eigenvalue weighted by molar-refractivity contribution is 0.0914. The van der Waals surface area contributed by atoms with Gasteiger partial charge in [-0.25, -0.2) is 0 Å². The molecule has 142 valence electrons. The van der Waals surface area contributed by atoms with Crippen LogP contribution in [-0.4, -0.2) is 29.2 Å². The standard InChI is InChI=1S/C20H22N2O5/c1-4-5-10-22-19(24)14(11-21)13(2)18(20(22)25)15(23)12-27-17-9-7-6-8-16(17)26-3/h6-9,25H,4-5,10,12H2,1-3H3. The van der Waals surface area contributed by atoms with Gasteiger partial charge in [-0.15, -0.1) is 0 Å². The summed E-state index contributed by atoms with van der Waals surface area (Å²) in [5, 5.41) is 19.8. The number of benzene rings is 1. The van der Waals surface area contributed by atoms with Crippen LogP contribution in [0.1, 0.15) is 41.3 Å². The zero-order valence-electron chi connectivity index (χ0n) is 15.6. The van der Waals surface area contributed by atoms with E-state index in [0.717, 1.165) is 11.0 Å². The summed E-state index contributed by atoms with van der Waals surface area (Å²) in [6.45, 7) is 3.27. The van der Waals surface area contributed by atoms with E-state index in [2.05, 4.69) is 0 Å². The molecule has 0 fully saturated rings. The van der Waals surface area contributed by atoms with Crippen LogP contribution in [0.2, 0.25) is 0 Å². The maximum Gasteiger partial charge on any atom is 0.271 e. The molecule has 0 atom stereocenters. The molecule has 27 heavy (non-hydrogen) atoms. The van der Waals surface area contributed by atoms with Crippen molar-refractivity contribution in [1.82, 2.24) is 4.57 Å². The highest BCUT2D eigenvalue weighted by Crippen LogP contribution is 2.27. The van der Waals surface area contributed by atoms with Crippen LogP contribution in [0.25, 0.3) is 0 Å². The normalized spacial score (nSPS) is 10.3. The molecular weight excluding hydrogens is 348 g/mol. The minimum Gasteiger partial charge on any atom is -0.494 e. The molecule has 2 aromatic rings. The second-order valence-corrected chi connectivity index (χ2v) is 5.98. The fraction of sp³-hybridized carbons (Fsp3) is 0.350. The third kappa shape index (κ3) is 4.11. The Kier molecular flexibility index (Phi) is 6.61. The second kappa shape index (κ2) is 8.90. The van der Waals surface area contributed by atoms with E-state index in [4.69, 9.17) is 9.47 Å². The molecular formula is C20H22N2O5. The van der Waals surface area contributed by atoms with Gasteiger partial charge in [0.05, 0.1) is 12.7 Å². The third-order valence-electron chi connectivity index (χ3n) is 4.24. The molecule has 1 N–H and O–H groups in total. The lowest BCUT2D eigenvalue weighted by atomic mass is 10.0. The van der Waals surface area contributed by atoms with E-state index in [0.29, 0.717) is 17.9 Å². The molecule has 1 aromatic carbocycles. The number of Topliss-reactive ketones (excluding diaryl/α,β-unsaturated/α-hetero) is 1. The Morgan fingerprint density at radius 2 is 1.96 bits per heavy atom. The third-order valence-corrected chi connectivity index (χ3v) is 4.24. The molecule has 1 heterocycles. The molecule has 0 aliphatic heterocycles. The number of carbonyl (C=O) groups excluding carboxylic acids is 1. The number of para-hydroxylation sites is 2. The van der Waals surface area contributed by atoms with E-state index in [-0.39, 0.29) is 29.8 Å². The Labute approximate surface area is 157 Å². The SMILES string of the molecule is CCCCn1c(O)c(C(=O)COc2ccccc2OC)c(C)c(C#N)c1=O. The minimum absolute atomic E-state index is 0.0721. The molecule has 7 heteroatoms. The van der Waals surface area contributed by atoms with Gasteiger partial charge in [-0.2, -0.15) is 5.26 Å². The predicted octanol–water partition coefficient (Wildman–Crippen LogP) is 2.80. The summed E-state index contributed by atoms with van der Waals surface area (Å²) in [5.74, 6) is -0.113. The van der Waals surface area contributed by atoms with Crippen molar-refractivity contribution in [3.63, 3.8) is 0 Å². The summed E-state index contributed by atoms with van der Waals surface area (Å²) in [4.78, 5) is 25.1. The van der Waals surface area contributed by atoms with Gasteiger partial charge in [-0.3, -0.25) is 14.2 Å². The zero-order valence-corrected chi connectivity index (χ0v) is 15.6. The minimum atomic E-state index is -0.594. The van der Waals surface area contributed by atoms with Gasteiger partial charge in [0.2, 0.25) is 11.7 Å². The van der Waals surface area contributed by atoms with Crippen molar-refractivity contribution in [3.8, 4) is 23.4 Å². The molecule has 0 saturated carbocycles. The smallest absolute Gasteiger partial charge is 0.271 e. The Hall–Kier alpha value is -3.27. The van der Waals surface area contributed by atoms with Crippen molar-refractivity contribution in [1.29, 1.82) is 5.26 Å². The lowest BCUT2D eigenvalue weighted by Gasteiger charge is -2.16. The van der Waals surface area contributed by atoms with Crippen LogP contribution < -0.4 is 15.0 Å². The molecule has 0 amide bonds. The van der Waals surface area contributed by atoms with Gasteiger partial charge in [-0.05, 0) is 31.0 Å². The molecule has 2 rings (SSSR count). The van der Waals surface area contributed by atoms with Crippen molar-refractivity contribution in [2.24, 2.45) is 0 Å². The first-order chi connectivity index (χ1) is 13.0. The molecule has 7 nitrogen and oxygen atoms in total. The van der Waals surface area contributed by atoms with Gasteiger partial charge in [0, 0.05) is 6.54 Å².